The zero-order valence-electron chi connectivity index (χ0n) is 12.1. The average Bonchev–Trinajstić information content (AvgIpc) is 2.61. The fourth-order valence-corrected chi connectivity index (χ4v) is 2.50. The fourth-order valence-electron chi connectivity index (χ4n) is 2.50. The monoisotopic (exact) mass is 300 g/mol. The van der Waals surface area contributed by atoms with Crippen molar-refractivity contribution in [2.45, 2.75) is 0 Å². The maximum atomic E-state index is 12.5. The van der Waals surface area contributed by atoms with Gasteiger partial charge in [0.2, 0.25) is 0 Å². The number of hydrogen-bond donors (Lipinski definition) is 1. The molecule has 2 heterocycles. The number of nitrogens with one attached hydrogen (secondary N) is 1. The van der Waals surface area contributed by atoms with Crippen molar-refractivity contribution < 1.29 is 4.79 Å². The number of para-hydroxylation sites is 1. The van der Waals surface area contributed by atoms with E-state index in [1.165, 1.54) is 0 Å². The van der Waals surface area contributed by atoms with Crippen LogP contribution in [0.15, 0.2) is 67.1 Å². The van der Waals surface area contributed by atoms with Crippen molar-refractivity contribution in [3.63, 3.8) is 0 Å². The van der Waals surface area contributed by atoms with E-state index in [0.717, 1.165) is 16.4 Å². The van der Waals surface area contributed by atoms with Gasteiger partial charge in [0.25, 0.3) is 5.91 Å². The third-order valence-corrected chi connectivity index (χ3v) is 3.61. The van der Waals surface area contributed by atoms with Crippen LogP contribution in [0.3, 0.4) is 0 Å². The van der Waals surface area contributed by atoms with E-state index in [1.807, 2.05) is 30.3 Å². The number of carbonyl (C=O) groups is 1. The first-order chi connectivity index (χ1) is 11.3. The van der Waals surface area contributed by atoms with Gasteiger partial charge < -0.3 is 5.32 Å². The Bertz CT molecular complexity index is 1020. The van der Waals surface area contributed by atoms with Crippen molar-refractivity contribution in [3.05, 3.63) is 72.7 Å². The van der Waals surface area contributed by atoms with Crippen molar-refractivity contribution >= 4 is 33.5 Å². The van der Waals surface area contributed by atoms with Gasteiger partial charge in [0, 0.05) is 29.5 Å². The number of carbonyl (C=O) groups excluding carboxylic acids is 1. The van der Waals surface area contributed by atoms with Gasteiger partial charge in [-0.05, 0) is 30.3 Å². The first-order valence-electron chi connectivity index (χ1n) is 7.17. The Morgan fingerprint density at radius 3 is 2.57 bits per heavy atom. The molecule has 1 amide bonds. The smallest absolute Gasteiger partial charge is 0.255 e. The highest BCUT2D eigenvalue weighted by molar-refractivity contribution is 6.09. The molecule has 5 nitrogen and oxygen atoms in total. The molecule has 2 aromatic heterocycles. The Morgan fingerprint density at radius 2 is 1.65 bits per heavy atom. The zero-order valence-corrected chi connectivity index (χ0v) is 12.1. The highest BCUT2D eigenvalue weighted by atomic mass is 16.1. The van der Waals surface area contributed by atoms with Crippen LogP contribution in [0.4, 0.5) is 5.69 Å². The molecule has 0 spiro atoms. The van der Waals surface area contributed by atoms with Gasteiger partial charge in [-0.1, -0.05) is 18.2 Å². The molecule has 0 unspecified atom stereocenters. The minimum atomic E-state index is -0.198. The van der Waals surface area contributed by atoms with Crippen LogP contribution in [-0.4, -0.2) is 20.9 Å². The van der Waals surface area contributed by atoms with E-state index < -0.39 is 0 Å². The molecule has 0 atom stereocenters. The molecule has 5 heteroatoms. The number of anilines is 1. The number of hydrogen-bond acceptors (Lipinski definition) is 4. The van der Waals surface area contributed by atoms with Gasteiger partial charge in [-0.3, -0.25) is 19.7 Å². The summed E-state index contributed by atoms with van der Waals surface area (Å²) in [6.45, 7) is 0. The Hall–Kier alpha value is -3.34. The standard InChI is InChI=1S/C18H12N4O/c23-18(13-6-7-14-16(11-13)20-10-9-19-14)22-15-5-1-3-12-4-2-8-21-17(12)15/h1-11H,(H,22,23). The molecule has 0 fully saturated rings. The Morgan fingerprint density at radius 1 is 0.826 bits per heavy atom. The van der Waals surface area contributed by atoms with Gasteiger partial charge in [-0.15, -0.1) is 0 Å². The van der Waals surface area contributed by atoms with Crippen LogP contribution in [-0.2, 0) is 0 Å². The van der Waals surface area contributed by atoms with Crippen LogP contribution in [0.5, 0.6) is 0 Å². The van der Waals surface area contributed by atoms with E-state index in [0.29, 0.717) is 16.8 Å². The first-order valence-corrected chi connectivity index (χ1v) is 7.17. The predicted molar refractivity (Wildman–Crippen MR) is 89.2 cm³/mol. The molecule has 4 aromatic rings. The number of nitrogens with zero attached hydrogens (tertiary/aromatic N) is 3. The number of aromatic nitrogens is 3. The third kappa shape index (κ3) is 2.48. The van der Waals surface area contributed by atoms with E-state index in [-0.39, 0.29) is 5.91 Å². The highest BCUT2D eigenvalue weighted by Gasteiger charge is 2.10. The van der Waals surface area contributed by atoms with Gasteiger partial charge in [-0.2, -0.15) is 0 Å². The summed E-state index contributed by atoms with van der Waals surface area (Å²) in [5, 5.41) is 3.90. The molecule has 0 bridgehead atoms. The van der Waals surface area contributed by atoms with E-state index >= 15 is 0 Å². The molecule has 23 heavy (non-hydrogen) atoms. The lowest BCUT2D eigenvalue weighted by Gasteiger charge is -2.08. The third-order valence-electron chi connectivity index (χ3n) is 3.61. The number of amides is 1. The lowest BCUT2D eigenvalue weighted by atomic mass is 10.1. The molecule has 4 rings (SSSR count). The van der Waals surface area contributed by atoms with Crippen molar-refractivity contribution in [2.24, 2.45) is 0 Å². The molecular formula is C18H12N4O. The van der Waals surface area contributed by atoms with Crippen LogP contribution >= 0.6 is 0 Å². The summed E-state index contributed by atoms with van der Waals surface area (Å²) in [5.41, 5.74) is 3.44. The van der Waals surface area contributed by atoms with Gasteiger partial charge >= 0.3 is 0 Å². The fraction of sp³-hybridized carbons (Fsp3) is 0. The summed E-state index contributed by atoms with van der Waals surface area (Å²) in [7, 11) is 0. The molecule has 0 aliphatic rings. The lowest BCUT2D eigenvalue weighted by molar-refractivity contribution is 0.102. The quantitative estimate of drug-likeness (QED) is 0.616. The molecular weight excluding hydrogens is 288 g/mol. The van der Waals surface area contributed by atoms with Crippen LogP contribution in [0.25, 0.3) is 21.9 Å². The number of benzene rings is 2. The first kappa shape index (κ1) is 13.3. The summed E-state index contributed by atoms with van der Waals surface area (Å²) in [6, 6.07) is 14.8. The van der Waals surface area contributed by atoms with Crippen LogP contribution in [0, 0.1) is 0 Å². The largest absolute Gasteiger partial charge is 0.320 e. The topological polar surface area (TPSA) is 67.8 Å². The van der Waals surface area contributed by atoms with Crippen LogP contribution in [0.1, 0.15) is 10.4 Å². The SMILES string of the molecule is O=C(Nc1cccc2cccnc12)c1ccc2nccnc2c1. The predicted octanol–water partition coefficient (Wildman–Crippen LogP) is 3.43. The van der Waals surface area contributed by atoms with E-state index in [1.54, 1.807) is 36.8 Å². The van der Waals surface area contributed by atoms with E-state index in [4.69, 9.17) is 0 Å². The van der Waals surface area contributed by atoms with E-state index in [2.05, 4.69) is 20.3 Å². The second kappa shape index (κ2) is 5.46. The van der Waals surface area contributed by atoms with Gasteiger partial charge in [0.15, 0.2) is 0 Å². The van der Waals surface area contributed by atoms with Crippen molar-refractivity contribution in [1.82, 2.24) is 15.0 Å². The minimum Gasteiger partial charge on any atom is -0.320 e. The van der Waals surface area contributed by atoms with Gasteiger partial charge in [0.1, 0.15) is 0 Å². The molecule has 0 aliphatic heterocycles. The summed E-state index contributed by atoms with van der Waals surface area (Å²) in [5.74, 6) is -0.198. The second-order valence-electron chi connectivity index (χ2n) is 5.09. The molecule has 0 saturated carbocycles. The second-order valence-corrected chi connectivity index (χ2v) is 5.09. The van der Waals surface area contributed by atoms with E-state index in [9.17, 15) is 4.79 Å². The Labute approximate surface area is 132 Å². The summed E-state index contributed by atoms with van der Waals surface area (Å²) in [4.78, 5) is 25.3. The van der Waals surface area contributed by atoms with Crippen molar-refractivity contribution in [2.75, 3.05) is 5.32 Å². The van der Waals surface area contributed by atoms with Crippen LogP contribution in [0.2, 0.25) is 0 Å². The molecule has 1 N–H and O–H groups in total. The number of fused-ring (bicyclic) bond motifs is 2. The minimum absolute atomic E-state index is 0.198. The molecule has 110 valence electrons. The maximum Gasteiger partial charge on any atom is 0.255 e. The van der Waals surface area contributed by atoms with Gasteiger partial charge in [0.05, 0.1) is 22.2 Å². The summed E-state index contributed by atoms with van der Waals surface area (Å²) >= 11 is 0. The van der Waals surface area contributed by atoms with Crippen molar-refractivity contribution in [1.29, 1.82) is 0 Å². The molecule has 0 radical (unpaired) electrons. The molecule has 2 aromatic carbocycles. The number of pyridine rings is 1. The maximum absolute atomic E-state index is 12.5. The molecule has 0 aliphatic carbocycles. The highest BCUT2D eigenvalue weighted by Crippen LogP contribution is 2.21. The van der Waals surface area contributed by atoms with Crippen LogP contribution < -0.4 is 5.32 Å². The lowest BCUT2D eigenvalue weighted by Crippen LogP contribution is -2.12. The zero-order chi connectivity index (χ0) is 15.6. The van der Waals surface area contributed by atoms with Gasteiger partial charge in [-0.25, -0.2) is 0 Å². The Kier molecular flexibility index (Phi) is 3.16. The summed E-state index contributed by atoms with van der Waals surface area (Å²) < 4.78 is 0. The average molecular weight is 300 g/mol. The number of rotatable bonds is 2. The normalized spacial score (nSPS) is 10.8. The Balaban J connectivity index is 1.70. The summed E-state index contributed by atoms with van der Waals surface area (Å²) in [6.07, 6.45) is 4.95. The van der Waals surface area contributed by atoms with Crippen molar-refractivity contribution in [3.8, 4) is 0 Å². The molecule has 0 saturated heterocycles.